The van der Waals surface area contributed by atoms with Crippen molar-refractivity contribution in [3.63, 3.8) is 0 Å². The lowest BCUT2D eigenvalue weighted by molar-refractivity contribution is 0.0953. The molecule has 0 saturated carbocycles. The fraction of sp³-hybridized carbons (Fsp3) is 0.387. The summed E-state index contributed by atoms with van der Waals surface area (Å²) in [5, 5.41) is 3.61. The molecule has 3 aliphatic heterocycles. The highest BCUT2D eigenvalue weighted by atomic mass is 35.5. The van der Waals surface area contributed by atoms with Gasteiger partial charge in [0, 0.05) is 41.3 Å². The van der Waals surface area contributed by atoms with Crippen LogP contribution >= 0.6 is 11.6 Å². The zero-order valence-corrected chi connectivity index (χ0v) is 24.0. The summed E-state index contributed by atoms with van der Waals surface area (Å²) in [4.78, 5) is 14.7. The number of carbonyl (C=O) groups excluding carboxylic acids is 1. The predicted molar refractivity (Wildman–Crippen MR) is 154 cm³/mol. The second-order valence-electron chi connectivity index (χ2n) is 10.2. The van der Waals surface area contributed by atoms with Gasteiger partial charge in [0.15, 0.2) is 23.0 Å². The van der Waals surface area contributed by atoms with Gasteiger partial charge in [0.1, 0.15) is 0 Å². The third-order valence-electron chi connectivity index (χ3n) is 7.65. The Balaban J connectivity index is 1.14. The molecule has 41 heavy (non-hydrogen) atoms. The van der Waals surface area contributed by atoms with Crippen LogP contribution in [0.5, 0.6) is 34.5 Å². The zero-order valence-electron chi connectivity index (χ0n) is 23.2. The molecule has 3 aliphatic rings. The number of nitrogens with one attached hydrogen (secondary N) is 1. The van der Waals surface area contributed by atoms with E-state index in [-0.39, 0.29) is 19.5 Å². The van der Waals surface area contributed by atoms with Crippen LogP contribution in [-0.4, -0.2) is 51.7 Å². The second-order valence-corrected chi connectivity index (χ2v) is 10.7. The summed E-state index contributed by atoms with van der Waals surface area (Å²) >= 11 is 5.91. The molecule has 1 amide bonds. The summed E-state index contributed by atoms with van der Waals surface area (Å²) < 4.78 is 34.9. The number of fused-ring (bicyclic) bond motifs is 7. The minimum Gasteiger partial charge on any atom is -0.493 e. The van der Waals surface area contributed by atoms with Crippen LogP contribution in [0.15, 0.2) is 36.4 Å². The van der Waals surface area contributed by atoms with Gasteiger partial charge in [0.05, 0.1) is 14.2 Å². The van der Waals surface area contributed by atoms with Crippen molar-refractivity contribution in [1.82, 2.24) is 10.2 Å². The van der Waals surface area contributed by atoms with E-state index in [2.05, 4.69) is 10.2 Å². The first-order valence-corrected chi connectivity index (χ1v) is 14.2. The molecule has 3 aromatic carbocycles. The average Bonchev–Trinajstić information content (AvgIpc) is 3.64. The van der Waals surface area contributed by atoms with Crippen LogP contribution in [-0.2, 0) is 13.1 Å². The van der Waals surface area contributed by atoms with Crippen LogP contribution in [0.4, 0.5) is 0 Å². The summed E-state index contributed by atoms with van der Waals surface area (Å²) in [7, 11) is 3.28. The summed E-state index contributed by atoms with van der Waals surface area (Å²) in [5.41, 5.74) is 4.69. The van der Waals surface area contributed by atoms with E-state index in [0.717, 1.165) is 54.5 Å². The van der Waals surface area contributed by atoms with E-state index in [9.17, 15) is 4.79 Å². The number of methoxy groups -OCH3 is 2. The van der Waals surface area contributed by atoms with Crippen molar-refractivity contribution in [3.05, 3.63) is 58.1 Å². The van der Waals surface area contributed by atoms with Crippen LogP contribution in [0.25, 0.3) is 11.1 Å². The summed E-state index contributed by atoms with van der Waals surface area (Å²) in [6, 6.07) is 11.0. The SMILES string of the molecule is COc1cc2c(c3c1OCO3)-c1c(cc(OC)c3c1OCO3)CN(CCCCCCNC(=O)c1ccc(Cl)cc1)C2. The number of carbonyl (C=O) groups is 1. The number of nitrogens with zero attached hydrogens (tertiary/aromatic N) is 1. The maximum atomic E-state index is 12.3. The van der Waals surface area contributed by atoms with Gasteiger partial charge in [-0.15, -0.1) is 0 Å². The molecular formula is C31H33ClN2O7. The third-order valence-corrected chi connectivity index (χ3v) is 7.90. The van der Waals surface area contributed by atoms with Gasteiger partial charge in [-0.05, 0) is 66.9 Å². The first kappa shape index (κ1) is 27.4. The van der Waals surface area contributed by atoms with E-state index in [1.165, 1.54) is 0 Å². The van der Waals surface area contributed by atoms with Crippen molar-refractivity contribution in [2.24, 2.45) is 0 Å². The number of unbranched alkanes of at least 4 members (excludes halogenated alkanes) is 3. The first-order valence-electron chi connectivity index (χ1n) is 13.8. The van der Waals surface area contributed by atoms with E-state index >= 15 is 0 Å². The summed E-state index contributed by atoms with van der Waals surface area (Å²) in [6.07, 6.45) is 4.04. The maximum Gasteiger partial charge on any atom is 0.251 e. The minimum atomic E-state index is -0.0730. The largest absolute Gasteiger partial charge is 0.493 e. The number of rotatable bonds is 10. The monoisotopic (exact) mass is 580 g/mol. The minimum absolute atomic E-state index is 0.0730. The standard InChI is InChI=1S/C31H33ClN2O7/c1-36-23-13-20-15-34(12-6-4-3-5-11-33-31(35)19-7-9-22(32)10-8-19)16-21-14-24(37-2)28-30(41-18-39-28)26(21)25(20)29-27(23)38-17-40-29/h7-10,13-14H,3-6,11-12,15-18H2,1-2H3,(H,33,35). The summed E-state index contributed by atoms with van der Waals surface area (Å²) in [5.74, 6) is 3.80. The van der Waals surface area contributed by atoms with E-state index in [4.69, 9.17) is 40.0 Å². The number of amides is 1. The Bertz CT molecular complexity index is 1370. The van der Waals surface area contributed by atoms with E-state index in [1.54, 1.807) is 38.5 Å². The molecule has 0 aromatic heterocycles. The molecule has 6 rings (SSSR count). The van der Waals surface area contributed by atoms with Crippen molar-refractivity contribution >= 4 is 17.5 Å². The molecule has 0 unspecified atom stereocenters. The normalized spacial score (nSPS) is 14.7. The second kappa shape index (κ2) is 12.0. The quantitative estimate of drug-likeness (QED) is 0.302. The fourth-order valence-electron chi connectivity index (χ4n) is 5.69. The van der Waals surface area contributed by atoms with Crippen molar-refractivity contribution in [2.45, 2.75) is 38.8 Å². The molecule has 0 spiro atoms. The predicted octanol–water partition coefficient (Wildman–Crippen LogP) is 5.79. The Morgan fingerprint density at radius 1 is 0.805 bits per heavy atom. The van der Waals surface area contributed by atoms with E-state index < -0.39 is 0 Å². The van der Waals surface area contributed by atoms with Gasteiger partial charge in [0.25, 0.3) is 5.91 Å². The first-order chi connectivity index (χ1) is 20.1. The summed E-state index contributed by atoms with van der Waals surface area (Å²) in [6.45, 7) is 3.25. The number of benzene rings is 3. The van der Waals surface area contributed by atoms with Gasteiger partial charge in [-0.3, -0.25) is 9.69 Å². The smallest absolute Gasteiger partial charge is 0.251 e. The van der Waals surface area contributed by atoms with Crippen molar-refractivity contribution in [2.75, 3.05) is 40.9 Å². The highest BCUT2D eigenvalue weighted by Gasteiger charge is 2.36. The molecule has 0 bridgehead atoms. The maximum absolute atomic E-state index is 12.3. The Morgan fingerprint density at radius 3 is 1.90 bits per heavy atom. The van der Waals surface area contributed by atoms with E-state index in [1.807, 2.05) is 12.1 Å². The molecule has 3 aromatic rings. The van der Waals surface area contributed by atoms with Gasteiger partial charge in [-0.2, -0.15) is 0 Å². The van der Waals surface area contributed by atoms with Crippen LogP contribution < -0.4 is 33.7 Å². The van der Waals surface area contributed by atoms with Gasteiger partial charge in [0.2, 0.25) is 25.1 Å². The topological polar surface area (TPSA) is 87.7 Å². The molecule has 0 aliphatic carbocycles. The lowest BCUT2D eigenvalue weighted by atomic mass is 9.93. The van der Waals surface area contributed by atoms with Crippen molar-refractivity contribution in [3.8, 4) is 45.6 Å². The fourth-order valence-corrected chi connectivity index (χ4v) is 5.82. The molecule has 10 heteroatoms. The number of ether oxygens (including phenoxy) is 6. The molecule has 1 N–H and O–H groups in total. The molecule has 0 radical (unpaired) electrons. The lowest BCUT2D eigenvalue weighted by Gasteiger charge is -2.21. The van der Waals surface area contributed by atoms with Crippen LogP contribution in [0, 0.1) is 0 Å². The molecule has 9 nitrogen and oxygen atoms in total. The third kappa shape index (κ3) is 5.44. The number of hydrogen-bond acceptors (Lipinski definition) is 8. The number of halogens is 1. The van der Waals surface area contributed by atoms with Crippen molar-refractivity contribution in [1.29, 1.82) is 0 Å². The van der Waals surface area contributed by atoms with Gasteiger partial charge < -0.3 is 33.7 Å². The Hall–Kier alpha value is -3.82. The lowest BCUT2D eigenvalue weighted by Crippen LogP contribution is -2.24. The van der Waals surface area contributed by atoms with Gasteiger partial charge in [-0.1, -0.05) is 24.4 Å². The molecule has 216 valence electrons. The number of hydrogen-bond donors (Lipinski definition) is 1. The molecular weight excluding hydrogens is 548 g/mol. The zero-order chi connectivity index (χ0) is 28.3. The van der Waals surface area contributed by atoms with Gasteiger partial charge in [-0.25, -0.2) is 0 Å². The molecule has 3 heterocycles. The van der Waals surface area contributed by atoms with E-state index in [0.29, 0.717) is 64.7 Å². The molecule has 0 saturated heterocycles. The Labute approximate surface area is 244 Å². The van der Waals surface area contributed by atoms with Crippen molar-refractivity contribution < 1.29 is 33.2 Å². The van der Waals surface area contributed by atoms with Crippen LogP contribution in [0.3, 0.4) is 0 Å². The van der Waals surface area contributed by atoms with Crippen LogP contribution in [0.2, 0.25) is 5.02 Å². The Kier molecular flexibility index (Phi) is 7.98. The highest BCUT2D eigenvalue weighted by molar-refractivity contribution is 6.30. The molecule has 0 fully saturated rings. The Morgan fingerprint density at radius 2 is 1.34 bits per heavy atom. The highest BCUT2D eigenvalue weighted by Crippen LogP contribution is 2.57. The average molecular weight is 581 g/mol. The van der Waals surface area contributed by atoms with Gasteiger partial charge >= 0.3 is 0 Å². The molecule has 0 atom stereocenters. The van der Waals surface area contributed by atoms with Crippen LogP contribution in [0.1, 0.15) is 47.2 Å².